The molecule has 4 heteroatoms. The highest BCUT2D eigenvalue weighted by atomic mass is 16.6. The summed E-state index contributed by atoms with van der Waals surface area (Å²) in [5.41, 5.74) is 1.74. The van der Waals surface area contributed by atoms with Gasteiger partial charge >= 0.3 is 5.97 Å². The van der Waals surface area contributed by atoms with Crippen molar-refractivity contribution in [1.29, 1.82) is 0 Å². The zero-order chi connectivity index (χ0) is 11.3. The summed E-state index contributed by atoms with van der Waals surface area (Å²) in [5, 5.41) is 0. The minimum absolute atomic E-state index is 0.116. The maximum atomic E-state index is 11.6. The highest BCUT2D eigenvalue weighted by molar-refractivity contribution is 6.01. The molecule has 0 spiro atoms. The van der Waals surface area contributed by atoms with Crippen LogP contribution in [-0.2, 0) is 14.3 Å². The Bertz CT molecular complexity index is 483. The number of esters is 1. The number of carbonyl (C=O) groups is 2. The van der Waals surface area contributed by atoms with Gasteiger partial charge in [-0.1, -0.05) is 18.2 Å². The molecule has 2 bridgehead atoms. The third kappa shape index (κ3) is 1.10. The third-order valence-electron chi connectivity index (χ3n) is 3.16. The lowest BCUT2D eigenvalue weighted by Crippen LogP contribution is -2.43. The Hall–Kier alpha value is -1.84. The maximum Gasteiger partial charge on any atom is 0.330 e. The van der Waals surface area contributed by atoms with Crippen molar-refractivity contribution in [3.63, 3.8) is 0 Å². The minimum atomic E-state index is -0.433. The van der Waals surface area contributed by atoms with Gasteiger partial charge in [0.25, 0.3) is 0 Å². The predicted molar refractivity (Wildman–Crippen MR) is 56.8 cm³/mol. The Kier molecular flexibility index (Phi) is 1.80. The molecule has 0 unspecified atom stereocenters. The fourth-order valence-corrected chi connectivity index (χ4v) is 2.50. The number of nitrogens with zero attached hydrogens (tertiary/aromatic N) is 1. The van der Waals surface area contributed by atoms with Gasteiger partial charge < -0.3 is 4.74 Å². The summed E-state index contributed by atoms with van der Waals surface area (Å²) in [6, 6.07) is 7.09. The van der Waals surface area contributed by atoms with E-state index in [1.807, 2.05) is 24.3 Å². The Balaban J connectivity index is 2.19. The van der Waals surface area contributed by atoms with Crippen LogP contribution in [0.15, 0.2) is 24.3 Å². The molecule has 1 amide bonds. The van der Waals surface area contributed by atoms with Gasteiger partial charge in [-0.25, -0.2) is 4.79 Å². The molecule has 0 saturated carbocycles. The van der Waals surface area contributed by atoms with Crippen molar-refractivity contribution in [2.24, 2.45) is 0 Å². The van der Waals surface area contributed by atoms with Crippen molar-refractivity contribution in [2.45, 2.75) is 25.5 Å². The molecule has 16 heavy (non-hydrogen) atoms. The van der Waals surface area contributed by atoms with Crippen LogP contribution in [-0.4, -0.2) is 17.9 Å². The van der Waals surface area contributed by atoms with Crippen LogP contribution < -0.4 is 4.90 Å². The maximum absolute atomic E-state index is 11.6. The second-order valence-electron chi connectivity index (χ2n) is 4.12. The van der Waals surface area contributed by atoms with E-state index in [0.29, 0.717) is 6.42 Å². The molecule has 1 fully saturated rings. The number of hydrogen-bond acceptors (Lipinski definition) is 3. The van der Waals surface area contributed by atoms with Crippen molar-refractivity contribution in [3.8, 4) is 0 Å². The highest BCUT2D eigenvalue weighted by Gasteiger charge is 2.46. The molecule has 1 aromatic carbocycles. The largest absolute Gasteiger partial charge is 0.456 e. The van der Waals surface area contributed by atoms with Crippen LogP contribution in [0.2, 0.25) is 0 Å². The first-order chi connectivity index (χ1) is 7.68. The van der Waals surface area contributed by atoms with Crippen LogP contribution in [0.5, 0.6) is 0 Å². The van der Waals surface area contributed by atoms with Crippen molar-refractivity contribution < 1.29 is 14.3 Å². The van der Waals surface area contributed by atoms with Gasteiger partial charge in [-0.3, -0.25) is 9.69 Å². The van der Waals surface area contributed by atoms with E-state index in [0.717, 1.165) is 11.3 Å². The minimum Gasteiger partial charge on any atom is -0.456 e. The van der Waals surface area contributed by atoms with Crippen LogP contribution in [0.3, 0.4) is 0 Å². The molecule has 82 valence electrons. The lowest BCUT2D eigenvalue weighted by atomic mass is 9.95. The smallest absolute Gasteiger partial charge is 0.330 e. The molecule has 2 atom stereocenters. The SMILES string of the molecule is CC(=O)N1c2ccccc2[C@@H]2C[C@H]1C(=O)O2. The standard InChI is InChI=1S/C12H11NO3/c1-7(14)13-9-5-3-2-4-8(9)11-6-10(13)12(15)16-11/h2-5,10-11H,6H2,1H3/t10-,11-/m0/s1. The highest BCUT2D eigenvalue weighted by Crippen LogP contribution is 2.43. The Morgan fingerprint density at radius 3 is 2.94 bits per heavy atom. The number of amides is 1. The van der Waals surface area contributed by atoms with E-state index >= 15 is 0 Å². The number of hydrogen-bond donors (Lipinski definition) is 0. The van der Waals surface area contributed by atoms with Crippen LogP contribution >= 0.6 is 0 Å². The summed E-state index contributed by atoms with van der Waals surface area (Å²) >= 11 is 0. The normalized spacial score (nSPS) is 26.3. The van der Waals surface area contributed by atoms with E-state index in [1.165, 1.54) is 6.92 Å². The van der Waals surface area contributed by atoms with E-state index in [2.05, 4.69) is 0 Å². The van der Waals surface area contributed by atoms with Crippen LogP contribution in [0.1, 0.15) is 25.0 Å². The second kappa shape index (κ2) is 3.07. The van der Waals surface area contributed by atoms with Crippen molar-refractivity contribution in [2.75, 3.05) is 4.90 Å². The molecular weight excluding hydrogens is 206 g/mol. The van der Waals surface area contributed by atoms with Crippen LogP contribution in [0, 0.1) is 0 Å². The van der Waals surface area contributed by atoms with Gasteiger partial charge in [0.15, 0.2) is 0 Å². The molecule has 1 aromatic rings. The lowest BCUT2D eigenvalue weighted by molar-refractivity contribution is -0.142. The first-order valence-corrected chi connectivity index (χ1v) is 5.27. The van der Waals surface area contributed by atoms with Gasteiger partial charge in [0.1, 0.15) is 12.1 Å². The summed E-state index contributed by atoms with van der Waals surface area (Å²) in [6.45, 7) is 1.47. The number of rotatable bonds is 0. The average Bonchev–Trinajstić information content (AvgIpc) is 2.57. The third-order valence-corrected chi connectivity index (χ3v) is 3.16. The van der Waals surface area contributed by atoms with Crippen molar-refractivity contribution in [3.05, 3.63) is 29.8 Å². The molecule has 0 N–H and O–H groups in total. The average molecular weight is 217 g/mol. The predicted octanol–water partition coefficient (Wildman–Crippen LogP) is 1.41. The molecule has 0 aromatic heterocycles. The van der Waals surface area contributed by atoms with E-state index in [1.54, 1.807) is 4.90 Å². The van der Waals surface area contributed by atoms with E-state index in [9.17, 15) is 9.59 Å². The number of carbonyl (C=O) groups excluding carboxylic acids is 2. The molecular formula is C12H11NO3. The van der Waals surface area contributed by atoms with Gasteiger partial charge in [-0.05, 0) is 6.07 Å². The van der Waals surface area contributed by atoms with Gasteiger partial charge in [-0.15, -0.1) is 0 Å². The Morgan fingerprint density at radius 2 is 2.19 bits per heavy atom. The number of fused-ring (bicyclic) bond motifs is 4. The lowest BCUT2D eigenvalue weighted by Gasteiger charge is -2.30. The quantitative estimate of drug-likeness (QED) is 0.617. The van der Waals surface area contributed by atoms with Crippen LogP contribution in [0.25, 0.3) is 0 Å². The Labute approximate surface area is 92.8 Å². The second-order valence-corrected chi connectivity index (χ2v) is 4.12. The molecule has 3 rings (SSSR count). The van der Waals surface area contributed by atoms with Gasteiger partial charge in [0, 0.05) is 18.9 Å². The van der Waals surface area contributed by atoms with E-state index < -0.39 is 6.04 Å². The molecule has 2 heterocycles. The monoisotopic (exact) mass is 217 g/mol. The molecule has 0 radical (unpaired) electrons. The Morgan fingerprint density at radius 1 is 1.44 bits per heavy atom. The molecule has 4 nitrogen and oxygen atoms in total. The first-order valence-electron chi connectivity index (χ1n) is 5.27. The summed E-state index contributed by atoms with van der Waals surface area (Å²) in [5.74, 6) is -0.411. The molecule has 0 aliphatic carbocycles. The molecule has 2 aliphatic rings. The number of para-hydroxylation sites is 1. The zero-order valence-corrected chi connectivity index (χ0v) is 8.84. The van der Waals surface area contributed by atoms with Crippen molar-refractivity contribution in [1.82, 2.24) is 0 Å². The fourth-order valence-electron chi connectivity index (χ4n) is 2.50. The van der Waals surface area contributed by atoms with Gasteiger partial charge in [0.05, 0.1) is 5.69 Å². The summed E-state index contributed by atoms with van der Waals surface area (Å²) in [7, 11) is 0. The van der Waals surface area contributed by atoms with Gasteiger partial charge in [-0.2, -0.15) is 0 Å². The number of benzene rings is 1. The first kappa shape index (κ1) is 9.39. The summed E-state index contributed by atoms with van der Waals surface area (Å²) in [4.78, 5) is 24.8. The summed E-state index contributed by atoms with van der Waals surface area (Å²) in [6.07, 6.45) is 0.402. The summed E-state index contributed by atoms with van der Waals surface area (Å²) < 4.78 is 5.26. The van der Waals surface area contributed by atoms with Gasteiger partial charge in [0.2, 0.25) is 5.91 Å². The van der Waals surface area contributed by atoms with E-state index in [-0.39, 0.29) is 18.0 Å². The fraction of sp³-hybridized carbons (Fsp3) is 0.333. The van der Waals surface area contributed by atoms with E-state index in [4.69, 9.17) is 4.74 Å². The number of ether oxygens (including phenoxy) is 1. The zero-order valence-electron chi connectivity index (χ0n) is 8.84. The molecule has 2 aliphatic heterocycles. The van der Waals surface area contributed by atoms with Crippen LogP contribution in [0.4, 0.5) is 5.69 Å². The number of anilines is 1. The topological polar surface area (TPSA) is 46.6 Å². The molecule has 1 saturated heterocycles. The van der Waals surface area contributed by atoms with Crippen molar-refractivity contribution >= 4 is 17.6 Å².